The van der Waals surface area contributed by atoms with Crippen molar-refractivity contribution >= 4 is 17.5 Å². The third kappa shape index (κ3) is 8.70. The molecule has 0 aromatic heterocycles. The fraction of sp³-hybridized carbons (Fsp3) is 0.909. The van der Waals surface area contributed by atoms with Gasteiger partial charge in [-0.05, 0) is 33.6 Å². The minimum absolute atomic E-state index is 0.0768. The van der Waals surface area contributed by atoms with Gasteiger partial charge < -0.3 is 10.1 Å². The lowest BCUT2D eigenvalue weighted by molar-refractivity contribution is -0.122. The van der Waals surface area contributed by atoms with Gasteiger partial charge in [0.2, 0.25) is 5.91 Å². The highest BCUT2D eigenvalue weighted by Gasteiger charge is 2.18. The molecule has 0 bridgehead atoms. The molecule has 0 aliphatic carbocycles. The topological polar surface area (TPSA) is 38.3 Å². The van der Waals surface area contributed by atoms with Crippen LogP contribution in [0.4, 0.5) is 0 Å². The minimum atomic E-state index is -0.281. The van der Waals surface area contributed by atoms with Gasteiger partial charge in [0.25, 0.3) is 0 Å². The van der Waals surface area contributed by atoms with Gasteiger partial charge >= 0.3 is 0 Å². The Balaban J connectivity index is 3.60. The number of ether oxygens (including phenoxy) is 1. The summed E-state index contributed by atoms with van der Waals surface area (Å²) >= 11 is 5.52. The molecule has 1 N–H and O–H groups in total. The molecule has 0 heterocycles. The Hall–Kier alpha value is -0.280. The van der Waals surface area contributed by atoms with E-state index in [9.17, 15) is 4.79 Å². The second-order valence-electron chi connectivity index (χ2n) is 4.12. The van der Waals surface area contributed by atoms with Crippen molar-refractivity contribution in [2.45, 2.75) is 45.6 Å². The number of amides is 1. The second kappa shape index (κ2) is 7.94. The predicted octanol–water partition coefficient (Wildman–Crippen LogP) is 2.33. The molecule has 0 aromatic carbocycles. The third-order valence-electron chi connectivity index (χ3n) is 2.03. The van der Waals surface area contributed by atoms with Crippen molar-refractivity contribution in [3.8, 4) is 0 Å². The molecule has 0 rings (SSSR count). The number of carbonyl (C=O) groups excluding carboxylic acids is 1. The van der Waals surface area contributed by atoms with Crippen LogP contribution < -0.4 is 5.32 Å². The molecule has 0 spiro atoms. The normalized spacial score (nSPS) is 11.5. The molecule has 0 radical (unpaired) electrons. The van der Waals surface area contributed by atoms with Crippen LogP contribution in [0, 0.1) is 0 Å². The van der Waals surface area contributed by atoms with Crippen molar-refractivity contribution in [2.24, 2.45) is 0 Å². The Morgan fingerprint density at radius 2 is 2.07 bits per heavy atom. The monoisotopic (exact) mass is 235 g/mol. The number of hydrogen-bond donors (Lipinski definition) is 1. The van der Waals surface area contributed by atoms with Crippen LogP contribution in [-0.2, 0) is 9.53 Å². The molecular formula is C11H22ClNO2. The summed E-state index contributed by atoms with van der Waals surface area (Å²) in [6, 6.07) is 0. The van der Waals surface area contributed by atoms with Crippen LogP contribution >= 0.6 is 11.6 Å². The van der Waals surface area contributed by atoms with Crippen molar-refractivity contribution in [2.75, 3.05) is 19.0 Å². The standard InChI is InChI=1S/C11H22ClNO2/c1-4-15-11(2,3)9-13-10(14)7-5-6-8-12/h4-9H2,1-3H3,(H,13,14). The van der Waals surface area contributed by atoms with E-state index in [1.807, 2.05) is 20.8 Å². The van der Waals surface area contributed by atoms with Crippen LogP contribution in [0.2, 0.25) is 0 Å². The van der Waals surface area contributed by atoms with E-state index in [1.54, 1.807) is 0 Å². The van der Waals surface area contributed by atoms with Gasteiger partial charge in [0.1, 0.15) is 0 Å². The van der Waals surface area contributed by atoms with E-state index in [2.05, 4.69) is 5.32 Å². The first-order chi connectivity index (χ1) is 7.02. The number of nitrogens with one attached hydrogen (secondary N) is 1. The van der Waals surface area contributed by atoms with E-state index in [4.69, 9.17) is 16.3 Å². The Morgan fingerprint density at radius 1 is 1.40 bits per heavy atom. The molecule has 90 valence electrons. The number of alkyl halides is 1. The average Bonchev–Trinajstić information content (AvgIpc) is 2.15. The lowest BCUT2D eigenvalue weighted by atomic mass is 10.1. The zero-order valence-electron chi connectivity index (χ0n) is 9.94. The third-order valence-corrected chi connectivity index (χ3v) is 2.30. The SMILES string of the molecule is CCOC(C)(C)CNC(=O)CCCCCl. The van der Waals surface area contributed by atoms with Crippen molar-refractivity contribution in [3.63, 3.8) is 0 Å². The minimum Gasteiger partial charge on any atom is -0.374 e. The summed E-state index contributed by atoms with van der Waals surface area (Å²) in [6.45, 7) is 7.10. The quantitative estimate of drug-likeness (QED) is 0.518. The van der Waals surface area contributed by atoms with Crippen LogP contribution in [0.15, 0.2) is 0 Å². The summed E-state index contributed by atoms with van der Waals surface area (Å²) in [7, 11) is 0. The first-order valence-corrected chi connectivity index (χ1v) is 6.02. The van der Waals surface area contributed by atoms with E-state index in [-0.39, 0.29) is 11.5 Å². The average molecular weight is 236 g/mol. The van der Waals surface area contributed by atoms with Crippen molar-refractivity contribution in [1.29, 1.82) is 0 Å². The lowest BCUT2D eigenvalue weighted by Gasteiger charge is -2.24. The number of halogens is 1. The van der Waals surface area contributed by atoms with E-state index >= 15 is 0 Å². The van der Waals surface area contributed by atoms with E-state index in [1.165, 1.54) is 0 Å². The van der Waals surface area contributed by atoms with Gasteiger partial charge in [-0.3, -0.25) is 4.79 Å². The molecule has 3 nitrogen and oxygen atoms in total. The second-order valence-corrected chi connectivity index (χ2v) is 4.49. The summed E-state index contributed by atoms with van der Waals surface area (Å²) in [5.41, 5.74) is -0.281. The summed E-state index contributed by atoms with van der Waals surface area (Å²) in [5.74, 6) is 0.699. The first-order valence-electron chi connectivity index (χ1n) is 5.48. The van der Waals surface area contributed by atoms with Crippen LogP contribution in [0.1, 0.15) is 40.0 Å². The van der Waals surface area contributed by atoms with Crippen molar-refractivity contribution in [3.05, 3.63) is 0 Å². The van der Waals surface area contributed by atoms with Gasteiger partial charge in [-0.25, -0.2) is 0 Å². The van der Waals surface area contributed by atoms with Gasteiger partial charge in [-0.1, -0.05) is 0 Å². The number of rotatable bonds is 8. The maximum Gasteiger partial charge on any atom is 0.220 e. The molecule has 0 aliphatic rings. The smallest absolute Gasteiger partial charge is 0.220 e. The van der Waals surface area contributed by atoms with E-state index in [0.29, 0.717) is 25.5 Å². The van der Waals surface area contributed by atoms with E-state index in [0.717, 1.165) is 12.8 Å². The summed E-state index contributed by atoms with van der Waals surface area (Å²) < 4.78 is 5.47. The maximum atomic E-state index is 11.4. The largest absolute Gasteiger partial charge is 0.374 e. The van der Waals surface area contributed by atoms with Gasteiger partial charge in [0.15, 0.2) is 0 Å². The lowest BCUT2D eigenvalue weighted by Crippen LogP contribution is -2.40. The Morgan fingerprint density at radius 3 is 2.60 bits per heavy atom. The molecule has 0 saturated carbocycles. The number of hydrogen-bond acceptors (Lipinski definition) is 2. The van der Waals surface area contributed by atoms with Gasteiger partial charge in [0, 0.05) is 25.5 Å². The van der Waals surface area contributed by atoms with Crippen molar-refractivity contribution < 1.29 is 9.53 Å². The Labute approximate surface area is 97.5 Å². The molecule has 0 aliphatic heterocycles. The maximum absolute atomic E-state index is 11.4. The molecule has 0 saturated heterocycles. The molecule has 1 amide bonds. The van der Waals surface area contributed by atoms with Crippen LogP contribution in [-0.4, -0.2) is 30.5 Å². The first kappa shape index (κ1) is 14.7. The Bertz CT molecular complexity index is 183. The zero-order chi connectivity index (χ0) is 11.7. The zero-order valence-corrected chi connectivity index (χ0v) is 10.7. The van der Waals surface area contributed by atoms with Crippen LogP contribution in [0.25, 0.3) is 0 Å². The summed E-state index contributed by atoms with van der Waals surface area (Å²) in [6.07, 6.45) is 2.29. The highest BCUT2D eigenvalue weighted by molar-refractivity contribution is 6.17. The number of unbranched alkanes of at least 4 members (excludes halogenated alkanes) is 1. The molecular weight excluding hydrogens is 214 g/mol. The predicted molar refractivity (Wildman–Crippen MR) is 63.3 cm³/mol. The van der Waals surface area contributed by atoms with Crippen LogP contribution in [0.5, 0.6) is 0 Å². The fourth-order valence-electron chi connectivity index (χ4n) is 1.22. The molecule has 15 heavy (non-hydrogen) atoms. The van der Waals surface area contributed by atoms with Gasteiger partial charge in [-0.15, -0.1) is 11.6 Å². The van der Waals surface area contributed by atoms with E-state index < -0.39 is 0 Å². The van der Waals surface area contributed by atoms with Crippen molar-refractivity contribution in [1.82, 2.24) is 5.32 Å². The highest BCUT2D eigenvalue weighted by atomic mass is 35.5. The summed E-state index contributed by atoms with van der Waals surface area (Å²) in [4.78, 5) is 11.4. The number of carbonyl (C=O) groups is 1. The Kier molecular flexibility index (Phi) is 7.79. The molecule has 4 heteroatoms. The molecule has 0 atom stereocenters. The van der Waals surface area contributed by atoms with Crippen LogP contribution in [0.3, 0.4) is 0 Å². The molecule has 0 unspecified atom stereocenters. The summed E-state index contributed by atoms with van der Waals surface area (Å²) in [5, 5.41) is 2.86. The van der Waals surface area contributed by atoms with Gasteiger partial charge in [0.05, 0.1) is 5.60 Å². The molecule has 0 fully saturated rings. The van der Waals surface area contributed by atoms with Gasteiger partial charge in [-0.2, -0.15) is 0 Å². The molecule has 0 aromatic rings. The highest BCUT2D eigenvalue weighted by Crippen LogP contribution is 2.07. The fourth-order valence-corrected chi connectivity index (χ4v) is 1.41.